The smallest absolute Gasteiger partial charge is 0.238 e. The van der Waals surface area contributed by atoms with Gasteiger partial charge in [-0.2, -0.15) is 0 Å². The molecule has 0 aliphatic heterocycles. The SMILES string of the molecule is COc1ccc(NC(=O)CN(C)C(C)Cc2cnccn2)cc1Cl. The van der Waals surface area contributed by atoms with Gasteiger partial charge in [0.25, 0.3) is 0 Å². The summed E-state index contributed by atoms with van der Waals surface area (Å²) in [7, 11) is 3.45. The number of aromatic nitrogens is 2. The molecule has 1 aromatic heterocycles. The Bertz CT molecular complexity index is 682. The van der Waals surface area contributed by atoms with Crippen LogP contribution in [0.3, 0.4) is 0 Å². The van der Waals surface area contributed by atoms with Gasteiger partial charge in [0, 0.05) is 36.7 Å². The van der Waals surface area contributed by atoms with E-state index in [1.165, 1.54) is 0 Å². The van der Waals surface area contributed by atoms with Gasteiger partial charge in [-0.1, -0.05) is 11.6 Å². The number of carbonyl (C=O) groups excluding carboxylic acids is 1. The zero-order valence-corrected chi connectivity index (χ0v) is 14.7. The molecule has 0 fully saturated rings. The van der Waals surface area contributed by atoms with Gasteiger partial charge in [0.1, 0.15) is 5.75 Å². The van der Waals surface area contributed by atoms with Crippen molar-refractivity contribution in [2.75, 3.05) is 26.0 Å². The lowest BCUT2D eigenvalue weighted by Gasteiger charge is -2.23. The highest BCUT2D eigenvalue weighted by Gasteiger charge is 2.15. The van der Waals surface area contributed by atoms with Gasteiger partial charge in [0.05, 0.1) is 24.4 Å². The van der Waals surface area contributed by atoms with Crippen molar-refractivity contribution in [2.45, 2.75) is 19.4 Å². The highest BCUT2D eigenvalue weighted by Crippen LogP contribution is 2.27. The van der Waals surface area contributed by atoms with Crippen molar-refractivity contribution in [3.63, 3.8) is 0 Å². The number of likely N-dealkylation sites (N-methyl/N-ethyl adjacent to an activating group) is 1. The van der Waals surface area contributed by atoms with Gasteiger partial charge in [0.15, 0.2) is 0 Å². The topological polar surface area (TPSA) is 67.3 Å². The van der Waals surface area contributed by atoms with E-state index in [0.717, 1.165) is 12.1 Å². The van der Waals surface area contributed by atoms with Crippen molar-refractivity contribution in [2.24, 2.45) is 0 Å². The fraction of sp³-hybridized carbons (Fsp3) is 0.353. The Labute approximate surface area is 146 Å². The predicted molar refractivity (Wildman–Crippen MR) is 94.5 cm³/mol. The maximum atomic E-state index is 12.2. The highest BCUT2D eigenvalue weighted by atomic mass is 35.5. The Morgan fingerprint density at radius 1 is 1.42 bits per heavy atom. The fourth-order valence-corrected chi connectivity index (χ4v) is 2.48. The molecule has 1 unspecified atom stereocenters. The first kappa shape index (κ1) is 18.2. The summed E-state index contributed by atoms with van der Waals surface area (Å²) in [6.07, 6.45) is 5.78. The first-order valence-electron chi connectivity index (χ1n) is 7.58. The number of ether oxygens (including phenoxy) is 1. The molecule has 7 heteroatoms. The van der Waals surface area contributed by atoms with Crippen LogP contribution in [0.5, 0.6) is 5.75 Å². The minimum Gasteiger partial charge on any atom is -0.495 e. The molecule has 128 valence electrons. The van der Waals surface area contributed by atoms with Crippen molar-refractivity contribution in [3.8, 4) is 5.75 Å². The third-order valence-electron chi connectivity index (χ3n) is 3.70. The molecular formula is C17H21ClN4O2. The van der Waals surface area contributed by atoms with Gasteiger partial charge < -0.3 is 10.1 Å². The minimum atomic E-state index is -0.107. The van der Waals surface area contributed by atoms with E-state index in [9.17, 15) is 4.79 Å². The van der Waals surface area contributed by atoms with Gasteiger partial charge >= 0.3 is 0 Å². The van der Waals surface area contributed by atoms with E-state index in [-0.39, 0.29) is 18.5 Å². The maximum absolute atomic E-state index is 12.2. The number of hydrogen-bond donors (Lipinski definition) is 1. The molecule has 0 bridgehead atoms. The Morgan fingerprint density at radius 2 is 2.21 bits per heavy atom. The third kappa shape index (κ3) is 5.18. The van der Waals surface area contributed by atoms with E-state index >= 15 is 0 Å². The van der Waals surface area contributed by atoms with Gasteiger partial charge in [-0.25, -0.2) is 0 Å². The average molecular weight is 349 g/mol. The molecule has 1 aromatic carbocycles. The molecule has 1 N–H and O–H groups in total. The molecule has 6 nitrogen and oxygen atoms in total. The molecule has 0 spiro atoms. The van der Waals surface area contributed by atoms with Crippen molar-refractivity contribution in [3.05, 3.63) is 47.5 Å². The van der Waals surface area contributed by atoms with Gasteiger partial charge in [0.2, 0.25) is 5.91 Å². The molecule has 0 aliphatic rings. The second-order valence-electron chi connectivity index (χ2n) is 5.56. The monoisotopic (exact) mass is 348 g/mol. The molecular weight excluding hydrogens is 328 g/mol. The van der Waals surface area contributed by atoms with E-state index in [1.807, 2.05) is 18.9 Å². The molecule has 24 heavy (non-hydrogen) atoms. The number of nitrogens with one attached hydrogen (secondary N) is 1. The maximum Gasteiger partial charge on any atom is 0.238 e. The summed E-state index contributed by atoms with van der Waals surface area (Å²) in [5, 5.41) is 3.29. The largest absolute Gasteiger partial charge is 0.495 e. The first-order chi connectivity index (χ1) is 11.5. The summed E-state index contributed by atoms with van der Waals surface area (Å²) in [5.41, 5.74) is 1.54. The zero-order chi connectivity index (χ0) is 17.5. The second kappa shape index (κ2) is 8.61. The number of methoxy groups -OCH3 is 1. The fourth-order valence-electron chi connectivity index (χ4n) is 2.22. The van der Waals surface area contributed by atoms with Crippen molar-refractivity contribution < 1.29 is 9.53 Å². The number of halogens is 1. The molecule has 0 radical (unpaired) electrons. The number of benzene rings is 1. The van der Waals surface area contributed by atoms with Crippen molar-refractivity contribution in [1.29, 1.82) is 0 Å². The number of nitrogens with zero attached hydrogens (tertiary/aromatic N) is 3. The lowest BCUT2D eigenvalue weighted by atomic mass is 10.1. The normalized spacial score (nSPS) is 12.0. The number of rotatable bonds is 7. The Balaban J connectivity index is 1.88. The summed E-state index contributed by atoms with van der Waals surface area (Å²) < 4.78 is 5.09. The third-order valence-corrected chi connectivity index (χ3v) is 4.00. The van der Waals surface area contributed by atoms with Crippen LogP contribution in [-0.4, -0.2) is 47.5 Å². The molecule has 1 heterocycles. The average Bonchev–Trinajstić information content (AvgIpc) is 2.55. The molecule has 2 rings (SSSR count). The zero-order valence-electron chi connectivity index (χ0n) is 14.0. The summed E-state index contributed by atoms with van der Waals surface area (Å²) in [4.78, 5) is 22.5. The summed E-state index contributed by atoms with van der Waals surface area (Å²) >= 11 is 6.06. The van der Waals surface area contributed by atoms with Crippen LogP contribution in [0.25, 0.3) is 0 Å². The first-order valence-corrected chi connectivity index (χ1v) is 7.96. The van der Waals surface area contributed by atoms with E-state index in [4.69, 9.17) is 16.3 Å². The summed E-state index contributed by atoms with van der Waals surface area (Å²) in [5.74, 6) is 0.467. The van der Waals surface area contributed by atoms with Crippen LogP contribution in [0, 0.1) is 0 Å². The van der Waals surface area contributed by atoms with Crippen LogP contribution < -0.4 is 10.1 Å². The molecule has 1 atom stereocenters. The standard InChI is InChI=1S/C17H21ClN4O2/c1-12(8-14-10-19-6-7-20-14)22(2)11-17(23)21-13-4-5-16(24-3)15(18)9-13/h4-7,9-10,12H,8,11H2,1-3H3,(H,21,23). The lowest BCUT2D eigenvalue weighted by Crippen LogP contribution is -2.37. The van der Waals surface area contributed by atoms with Crippen LogP contribution >= 0.6 is 11.6 Å². The highest BCUT2D eigenvalue weighted by molar-refractivity contribution is 6.32. The number of anilines is 1. The van der Waals surface area contributed by atoms with E-state index in [0.29, 0.717) is 16.5 Å². The van der Waals surface area contributed by atoms with Gasteiger partial charge in [-0.05, 0) is 32.2 Å². The molecule has 0 aliphatic carbocycles. The quantitative estimate of drug-likeness (QED) is 0.833. The summed E-state index contributed by atoms with van der Waals surface area (Å²) in [6.45, 7) is 2.32. The van der Waals surface area contributed by atoms with E-state index in [1.54, 1.807) is 43.9 Å². The van der Waals surface area contributed by atoms with Crippen LogP contribution in [0.15, 0.2) is 36.8 Å². The number of amides is 1. The van der Waals surface area contributed by atoms with Crippen molar-refractivity contribution in [1.82, 2.24) is 14.9 Å². The van der Waals surface area contributed by atoms with E-state index in [2.05, 4.69) is 15.3 Å². The molecule has 1 amide bonds. The Hall–Kier alpha value is -2.18. The van der Waals surface area contributed by atoms with Crippen LogP contribution in [0.4, 0.5) is 5.69 Å². The lowest BCUT2D eigenvalue weighted by molar-refractivity contribution is -0.117. The summed E-state index contributed by atoms with van der Waals surface area (Å²) in [6, 6.07) is 5.30. The number of carbonyl (C=O) groups is 1. The molecule has 2 aromatic rings. The van der Waals surface area contributed by atoms with Crippen LogP contribution in [-0.2, 0) is 11.2 Å². The van der Waals surface area contributed by atoms with Crippen LogP contribution in [0.2, 0.25) is 5.02 Å². The van der Waals surface area contributed by atoms with Crippen molar-refractivity contribution >= 4 is 23.2 Å². The second-order valence-corrected chi connectivity index (χ2v) is 5.97. The van der Waals surface area contributed by atoms with Crippen LogP contribution in [0.1, 0.15) is 12.6 Å². The minimum absolute atomic E-state index is 0.107. The Morgan fingerprint density at radius 3 is 2.83 bits per heavy atom. The Kier molecular flexibility index (Phi) is 6.52. The molecule has 0 saturated carbocycles. The van der Waals surface area contributed by atoms with Gasteiger partial charge in [-0.3, -0.25) is 19.7 Å². The van der Waals surface area contributed by atoms with Gasteiger partial charge in [-0.15, -0.1) is 0 Å². The molecule has 0 saturated heterocycles. The predicted octanol–water partition coefficient (Wildman–Crippen LogP) is 2.64. The van der Waals surface area contributed by atoms with E-state index < -0.39 is 0 Å². The number of hydrogen-bond acceptors (Lipinski definition) is 5.